The van der Waals surface area contributed by atoms with Crippen molar-refractivity contribution < 1.29 is 0 Å². The monoisotopic (exact) mass is 167 g/mol. The molecular weight excluding hydrogens is 146 g/mol. The van der Waals surface area contributed by atoms with Crippen molar-refractivity contribution in [1.29, 1.82) is 0 Å². The van der Waals surface area contributed by atoms with Gasteiger partial charge in [-0.25, -0.2) is 0 Å². The summed E-state index contributed by atoms with van der Waals surface area (Å²) < 4.78 is 0. The lowest BCUT2D eigenvalue weighted by molar-refractivity contribution is 0.485. The summed E-state index contributed by atoms with van der Waals surface area (Å²) in [6.07, 6.45) is 8.80. The molecule has 12 heavy (non-hydrogen) atoms. The summed E-state index contributed by atoms with van der Waals surface area (Å²) in [5, 5.41) is 0. The van der Waals surface area contributed by atoms with Crippen molar-refractivity contribution >= 4 is 0 Å². The second kappa shape index (κ2) is 3.37. The van der Waals surface area contributed by atoms with Gasteiger partial charge in [0.2, 0.25) is 0 Å². The summed E-state index contributed by atoms with van der Waals surface area (Å²) >= 11 is 0. The molecule has 0 aromatic carbocycles. The summed E-state index contributed by atoms with van der Waals surface area (Å²) in [7, 11) is 0. The van der Waals surface area contributed by atoms with Crippen LogP contribution >= 0.6 is 0 Å². The molecule has 1 heteroatoms. The number of fused-ring (bicyclic) bond motifs is 1. The zero-order valence-electron chi connectivity index (χ0n) is 8.13. The van der Waals surface area contributed by atoms with E-state index in [1.807, 2.05) is 0 Å². The van der Waals surface area contributed by atoms with Gasteiger partial charge in [0, 0.05) is 6.04 Å². The van der Waals surface area contributed by atoms with E-state index in [-0.39, 0.29) is 0 Å². The highest BCUT2D eigenvalue weighted by molar-refractivity contribution is 5.00. The summed E-state index contributed by atoms with van der Waals surface area (Å²) in [6, 6.07) is 0.457. The predicted octanol–water partition coefficient (Wildman–Crippen LogP) is 2.55. The van der Waals surface area contributed by atoms with Gasteiger partial charge in [-0.3, -0.25) is 0 Å². The molecule has 2 N–H and O–H groups in total. The van der Waals surface area contributed by atoms with E-state index in [2.05, 4.69) is 6.92 Å². The first-order chi connectivity index (χ1) is 5.80. The first-order valence-corrected chi connectivity index (χ1v) is 5.56. The van der Waals surface area contributed by atoms with Crippen molar-refractivity contribution in [2.24, 2.45) is 23.5 Å². The fourth-order valence-corrected chi connectivity index (χ4v) is 3.18. The van der Waals surface area contributed by atoms with E-state index in [4.69, 9.17) is 5.73 Å². The average molecular weight is 167 g/mol. The van der Waals surface area contributed by atoms with Crippen LogP contribution in [-0.2, 0) is 0 Å². The highest BCUT2D eigenvalue weighted by atomic mass is 14.7. The van der Waals surface area contributed by atoms with Crippen molar-refractivity contribution in [3.63, 3.8) is 0 Å². The predicted molar refractivity (Wildman–Crippen MR) is 51.8 cm³/mol. The highest BCUT2D eigenvalue weighted by Gasteiger charge is 2.50. The molecule has 2 aliphatic carbocycles. The fraction of sp³-hybridized carbons (Fsp3) is 1.00. The Balaban J connectivity index is 1.89. The largest absolute Gasteiger partial charge is 0.328 e. The molecule has 0 spiro atoms. The van der Waals surface area contributed by atoms with Crippen LogP contribution in [0.3, 0.4) is 0 Å². The quantitative estimate of drug-likeness (QED) is 0.638. The third-order valence-electron chi connectivity index (χ3n) is 3.83. The Morgan fingerprint density at radius 1 is 1.00 bits per heavy atom. The molecular formula is C11H21N. The van der Waals surface area contributed by atoms with Gasteiger partial charge in [-0.2, -0.15) is 0 Å². The molecule has 2 rings (SSSR count). The topological polar surface area (TPSA) is 26.0 Å². The van der Waals surface area contributed by atoms with E-state index < -0.39 is 0 Å². The summed E-state index contributed by atoms with van der Waals surface area (Å²) in [6.45, 7) is 2.19. The van der Waals surface area contributed by atoms with Gasteiger partial charge in [0.1, 0.15) is 0 Å². The van der Waals surface area contributed by atoms with Gasteiger partial charge in [-0.05, 0) is 37.5 Å². The van der Waals surface area contributed by atoms with Crippen LogP contribution in [0.25, 0.3) is 0 Å². The molecule has 0 radical (unpaired) electrons. The first kappa shape index (κ1) is 8.55. The van der Waals surface area contributed by atoms with Gasteiger partial charge in [-0.1, -0.05) is 25.7 Å². The minimum Gasteiger partial charge on any atom is -0.328 e. The maximum Gasteiger partial charge on any atom is 0.00442 e. The summed E-state index contributed by atoms with van der Waals surface area (Å²) in [5.41, 5.74) is 5.96. The molecule has 0 aliphatic heterocycles. The SMILES string of the molecule is CC(N)C1C2CCCCCCC21. The van der Waals surface area contributed by atoms with Gasteiger partial charge in [0.05, 0.1) is 0 Å². The molecule has 3 unspecified atom stereocenters. The number of rotatable bonds is 1. The van der Waals surface area contributed by atoms with Crippen LogP contribution < -0.4 is 5.73 Å². The van der Waals surface area contributed by atoms with E-state index in [1.165, 1.54) is 38.5 Å². The van der Waals surface area contributed by atoms with E-state index in [1.54, 1.807) is 0 Å². The maximum atomic E-state index is 5.96. The van der Waals surface area contributed by atoms with Crippen molar-refractivity contribution in [3.8, 4) is 0 Å². The van der Waals surface area contributed by atoms with Crippen molar-refractivity contribution in [3.05, 3.63) is 0 Å². The van der Waals surface area contributed by atoms with Crippen molar-refractivity contribution in [2.75, 3.05) is 0 Å². The molecule has 2 aliphatic rings. The molecule has 0 aromatic heterocycles. The van der Waals surface area contributed by atoms with E-state index in [9.17, 15) is 0 Å². The standard InChI is InChI=1S/C11H21N/c1-8(12)11-9-6-4-2-3-5-7-10(9)11/h8-11H,2-7,12H2,1H3. The van der Waals surface area contributed by atoms with Crippen LogP contribution in [0.2, 0.25) is 0 Å². The van der Waals surface area contributed by atoms with Gasteiger partial charge in [0.15, 0.2) is 0 Å². The summed E-state index contributed by atoms with van der Waals surface area (Å²) in [4.78, 5) is 0. The van der Waals surface area contributed by atoms with E-state index in [0.29, 0.717) is 6.04 Å². The molecule has 0 saturated heterocycles. The molecule has 2 saturated carbocycles. The Morgan fingerprint density at radius 3 is 1.92 bits per heavy atom. The van der Waals surface area contributed by atoms with Gasteiger partial charge < -0.3 is 5.73 Å². The molecule has 0 bridgehead atoms. The second-order valence-corrected chi connectivity index (χ2v) is 4.76. The zero-order chi connectivity index (χ0) is 8.55. The Morgan fingerprint density at radius 2 is 1.50 bits per heavy atom. The Labute approximate surface area is 75.7 Å². The summed E-state index contributed by atoms with van der Waals surface area (Å²) in [5.74, 6) is 2.93. The Hall–Kier alpha value is -0.0400. The maximum absolute atomic E-state index is 5.96. The van der Waals surface area contributed by atoms with Crippen LogP contribution in [-0.4, -0.2) is 6.04 Å². The van der Waals surface area contributed by atoms with Gasteiger partial charge >= 0.3 is 0 Å². The third-order valence-corrected chi connectivity index (χ3v) is 3.83. The zero-order valence-corrected chi connectivity index (χ0v) is 8.13. The number of hydrogen-bond donors (Lipinski definition) is 1. The van der Waals surface area contributed by atoms with Crippen molar-refractivity contribution in [2.45, 2.75) is 51.5 Å². The smallest absolute Gasteiger partial charge is 0.00442 e. The second-order valence-electron chi connectivity index (χ2n) is 4.76. The third kappa shape index (κ3) is 1.52. The Kier molecular flexibility index (Phi) is 2.40. The normalized spacial score (nSPS) is 44.0. The first-order valence-electron chi connectivity index (χ1n) is 5.56. The molecule has 0 aromatic rings. The average Bonchev–Trinajstić information content (AvgIpc) is 2.60. The molecule has 0 amide bonds. The van der Waals surface area contributed by atoms with Crippen LogP contribution in [0.4, 0.5) is 0 Å². The minimum atomic E-state index is 0.457. The molecule has 1 nitrogen and oxygen atoms in total. The molecule has 0 heterocycles. The van der Waals surface area contributed by atoms with Crippen LogP contribution in [0, 0.1) is 17.8 Å². The fourth-order valence-electron chi connectivity index (χ4n) is 3.18. The molecule has 70 valence electrons. The van der Waals surface area contributed by atoms with E-state index in [0.717, 1.165) is 17.8 Å². The Bertz CT molecular complexity index is 139. The minimum absolute atomic E-state index is 0.457. The van der Waals surface area contributed by atoms with Crippen LogP contribution in [0.15, 0.2) is 0 Å². The molecule has 2 fully saturated rings. The lowest BCUT2D eigenvalue weighted by atomic mass is 10.0. The van der Waals surface area contributed by atoms with Crippen molar-refractivity contribution in [1.82, 2.24) is 0 Å². The lowest BCUT2D eigenvalue weighted by Gasteiger charge is -2.05. The number of nitrogens with two attached hydrogens (primary N) is 1. The van der Waals surface area contributed by atoms with Crippen LogP contribution in [0.5, 0.6) is 0 Å². The lowest BCUT2D eigenvalue weighted by Crippen LogP contribution is -2.19. The van der Waals surface area contributed by atoms with E-state index >= 15 is 0 Å². The van der Waals surface area contributed by atoms with Crippen LogP contribution in [0.1, 0.15) is 45.4 Å². The van der Waals surface area contributed by atoms with Gasteiger partial charge in [0.25, 0.3) is 0 Å². The molecule has 3 atom stereocenters. The van der Waals surface area contributed by atoms with Gasteiger partial charge in [-0.15, -0.1) is 0 Å². The highest BCUT2D eigenvalue weighted by Crippen LogP contribution is 2.54. The number of hydrogen-bond acceptors (Lipinski definition) is 1.